The molecule has 31 heavy (non-hydrogen) atoms. The second kappa shape index (κ2) is 8.67. The highest BCUT2D eigenvalue weighted by Gasteiger charge is 2.18. The van der Waals surface area contributed by atoms with Crippen LogP contribution in [0, 0.1) is 27.7 Å². The lowest BCUT2D eigenvalue weighted by molar-refractivity contribution is 0.866. The normalized spacial score (nSPS) is 11.2. The first-order valence-corrected chi connectivity index (χ1v) is 11.7. The van der Waals surface area contributed by atoms with Crippen molar-refractivity contribution in [1.29, 1.82) is 0 Å². The molecule has 0 amide bonds. The van der Waals surface area contributed by atoms with Gasteiger partial charge < -0.3 is 10.2 Å². The molecule has 160 valence electrons. The third-order valence-corrected chi connectivity index (χ3v) is 7.06. The number of benzene rings is 2. The van der Waals surface area contributed by atoms with Gasteiger partial charge in [0.25, 0.3) is 0 Å². The van der Waals surface area contributed by atoms with E-state index in [1.807, 2.05) is 0 Å². The Morgan fingerprint density at radius 2 is 1.65 bits per heavy atom. The highest BCUT2D eigenvalue weighted by molar-refractivity contribution is 7.19. The lowest BCUT2D eigenvalue weighted by Crippen LogP contribution is -2.21. The summed E-state index contributed by atoms with van der Waals surface area (Å²) in [5, 5.41) is 4.70. The minimum Gasteiger partial charge on any atom is -0.372 e. The summed E-state index contributed by atoms with van der Waals surface area (Å²) in [6, 6.07) is 13.3. The molecule has 0 bridgehead atoms. The summed E-state index contributed by atoms with van der Waals surface area (Å²) >= 11 is 1.73. The van der Waals surface area contributed by atoms with Crippen LogP contribution < -0.4 is 10.2 Å². The molecule has 0 radical (unpaired) electrons. The molecule has 2 aromatic carbocycles. The molecule has 0 aliphatic rings. The molecule has 0 saturated carbocycles. The van der Waals surface area contributed by atoms with Crippen molar-refractivity contribution in [3.63, 3.8) is 0 Å². The number of thiophene rings is 1. The summed E-state index contributed by atoms with van der Waals surface area (Å²) in [4.78, 5) is 13.9. The predicted octanol–water partition coefficient (Wildman–Crippen LogP) is 7.18. The first-order valence-electron chi connectivity index (χ1n) is 10.9. The molecule has 0 unspecified atom stereocenters. The number of aryl methyl sites for hydroxylation is 4. The fourth-order valence-corrected chi connectivity index (χ4v) is 5.10. The molecule has 2 aromatic heterocycles. The van der Waals surface area contributed by atoms with Crippen LogP contribution in [0.2, 0.25) is 0 Å². The zero-order valence-corrected chi connectivity index (χ0v) is 20.0. The van der Waals surface area contributed by atoms with E-state index in [0.29, 0.717) is 0 Å². The Morgan fingerprint density at radius 1 is 0.871 bits per heavy atom. The van der Waals surface area contributed by atoms with E-state index in [-0.39, 0.29) is 0 Å². The number of aromatic nitrogens is 2. The van der Waals surface area contributed by atoms with Gasteiger partial charge in [-0.3, -0.25) is 0 Å². The van der Waals surface area contributed by atoms with Gasteiger partial charge in [-0.1, -0.05) is 18.2 Å². The first kappa shape index (κ1) is 21.3. The molecule has 2 heterocycles. The Bertz CT molecular complexity index is 1240. The van der Waals surface area contributed by atoms with Gasteiger partial charge in [-0.25, -0.2) is 9.97 Å². The maximum Gasteiger partial charge on any atom is 0.143 e. The molecule has 0 aliphatic heterocycles. The fourth-order valence-electron chi connectivity index (χ4n) is 4.08. The number of hydrogen-bond donors (Lipinski definition) is 1. The minimum absolute atomic E-state index is 0.862. The van der Waals surface area contributed by atoms with Gasteiger partial charge in [-0.15, -0.1) is 11.3 Å². The van der Waals surface area contributed by atoms with Crippen molar-refractivity contribution in [1.82, 2.24) is 9.97 Å². The summed E-state index contributed by atoms with van der Waals surface area (Å²) in [5.41, 5.74) is 8.58. The molecule has 0 aliphatic carbocycles. The predicted molar refractivity (Wildman–Crippen MR) is 135 cm³/mol. The Morgan fingerprint density at radius 3 is 2.32 bits per heavy atom. The lowest BCUT2D eigenvalue weighted by atomic mass is 9.99. The Hall–Kier alpha value is -2.92. The van der Waals surface area contributed by atoms with Crippen LogP contribution in [0.4, 0.5) is 17.2 Å². The van der Waals surface area contributed by atoms with E-state index in [0.717, 1.165) is 34.8 Å². The van der Waals surface area contributed by atoms with Crippen LogP contribution in [-0.4, -0.2) is 23.1 Å². The van der Waals surface area contributed by atoms with Crippen LogP contribution in [0.25, 0.3) is 21.3 Å². The molecule has 0 spiro atoms. The van der Waals surface area contributed by atoms with E-state index in [4.69, 9.17) is 0 Å². The van der Waals surface area contributed by atoms with Gasteiger partial charge in [0.15, 0.2) is 0 Å². The van der Waals surface area contributed by atoms with Crippen LogP contribution in [0.5, 0.6) is 0 Å². The number of nitrogens with zero attached hydrogens (tertiary/aromatic N) is 3. The van der Waals surface area contributed by atoms with Crippen molar-refractivity contribution < 1.29 is 0 Å². The Labute approximate surface area is 189 Å². The van der Waals surface area contributed by atoms with E-state index < -0.39 is 0 Å². The minimum atomic E-state index is 0.862. The standard InChI is InChI=1S/C26H30N4S/c1-7-30(8-2)21-11-12-22(18(5)14-21)29-25-24-23(19(6)31-26(24)28-15-27-25)20-10-9-16(3)17(4)13-20/h9-15H,7-8H2,1-6H3,(H,27,28,29). The topological polar surface area (TPSA) is 41.0 Å². The second-order valence-electron chi connectivity index (χ2n) is 8.03. The van der Waals surface area contributed by atoms with E-state index in [1.165, 1.54) is 38.4 Å². The maximum atomic E-state index is 4.65. The zero-order valence-electron chi connectivity index (χ0n) is 19.2. The average molecular weight is 431 g/mol. The molecule has 1 N–H and O–H groups in total. The molecule has 4 rings (SSSR count). The third-order valence-electron chi connectivity index (χ3n) is 6.05. The van der Waals surface area contributed by atoms with Crippen molar-refractivity contribution >= 4 is 38.7 Å². The molecule has 4 aromatic rings. The van der Waals surface area contributed by atoms with Crippen molar-refractivity contribution in [3.05, 3.63) is 64.3 Å². The van der Waals surface area contributed by atoms with Gasteiger partial charge in [-0.05, 0) is 82.0 Å². The van der Waals surface area contributed by atoms with Crippen molar-refractivity contribution in [2.75, 3.05) is 23.3 Å². The molecule has 4 nitrogen and oxygen atoms in total. The largest absolute Gasteiger partial charge is 0.372 e. The van der Waals surface area contributed by atoms with E-state index in [9.17, 15) is 0 Å². The molecular weight excluding hydrogens is 400 g/mol. The van der Waals surface area contributed by atoms with Gasteiger partial charge in [-0.2, -0.15) is 0 Å². The van der Waals surface area contributed by atoms with Crippen LogP contribution in [0.3, 0.4) is 0 Å². The molecule has 0 atom stereocenters. The van der Waals surface area contributed by atoms with Crippen molar-refractivity contribution in [2.45, 2.75) is 41.5 Å². The molecular formula is C26H30N4S. The summed E-state index contributed by atoms with van der Waals surface area (Å²) < 4.78 is 0. The van der Waals surface area contributed by atoms with Crippen LogP contribution in [0.1, 0.15) is 35.4 Å². The highest BCUT2D eigenvalue weighted by atomic mass is 32.1. The van der Waals surface area contributed by atoms with E-state index in [1.54, 1.807) is 17.7 Å². The van der Waals surface area contributed by atoms with E-state index >= 15 is 0 Å². The lowest BCUT2D eigenvalue weighted by Gasteiger charge is -2.22. The van der Waals surface area contributed by atoms with Gasteiger partial charge in [0.1, 0.15) is 17.0 Å². The smallest absolute Gasteiger partial charge is 0.143 e. The molecule has 0 fully saturated rings. The molecule has 5 heteroatoms. The van der Waals surface area contributed by atoms with Gasteiger partial charge in [0.05, 0.1) is 5.39 Å². The fraction of sp³-hybridized carbons (Fsp3) is 0.308. The van der Waals surface area contributed by atoms with Crippen LogP contribution >= 0.6 is 11.3 Å². The summed E-state index contributed by atoms with van der Waals surface area (Å²) in [7, 11) is 0. The second-order valence-corrected chi connectivity index (χ2v) is 9.23. The van der Waals surface area contributed by atoms with Crippen molar-refractivity contribution in [3.8, 4) is 11.1 Å². The summed E-state index contributed by atoms with van der Waals surface area (Å²) in [5.74, 6) is 0.862. The monoisotopic (exact) mass is 430 g/mol. The van der Waals surface area contributed by atoms with Gasteiger partial charge in [0, 0.05) is 34.9 Å². The van der Waals surface area contributed by atoms with Gasteiger partial charge >= 0.3 is 0 Å². The number of rotatable bonds is 6. The van der Waals surface area contributed by atoms with Gasteiger partial charge in [0.2, 0.25) is 0 Å². The summed E-state index contributed by atoms with van der Waals surface area (Å²) in [6.45, 7) is 15.0. The third kappa shape index (κ3) is 4.02. The Kier molecular flexibility index (Phi) is 5.96. The first-order chi connectivity index (χ1) is 14.9. The number of anilines is 3. The quantitative estimate of drug-likeness (QED) is 0.352. The summed E-state index contributed by atoms with van der Waals surface area (Å²) in [6.07, 6.45) is 1.66. The highest BCUT2D eigenvalue weighted by Crippen LogP contribution is 2.41. The number of nitrogens with one attached hydrogen (secondary N) is 1. The SMILES string of the molecule is CCN(CC)c1ccc(Nc2ncnc3sc(C)c(-c4ccc(C)c(C)c4)c23)c(C)c1. The Balaban J connectivity index is 1.80. The number of fused-ring (bicyclic) bond motifs is 1. The van der Waals surface area contributed by atoms with E-state index in [2.05, 4.69) is 98.1 Å². The zero-order chi connectivity index (χ0) is 22.1. The van der Waals surface area contributed by atoms with Crippen molar-refractivity contribution in [2.24, 2.45) is 0 Å². The molecule has 0 saturated heterocycles. The van der Waals surface area contributed by atoms with Crippen LogP contribution in [0.15, 0.2) is 42.7 Å². The average Bonchev–Trinajstić information content (AvgIpc) is 3.09. The number of hydrogen-bond acceptors (Lipinski definition) is 5. The van der Waals surface area contributed by atoms with Crippen LogP contribution in [-0.2, 0) is 0 Å². The maximum absolute atomic E-state index is 4.65.